The van der Waals surface area contributed by atoms with Crippen molar-refractivity contribution in [1.29, 1.82) is 0 Å². The Bertz CT molecular complexity index is 639. The fraction of sp³-hybridized carbons (Fsp3) is 0.529. The molecule has 0 radical (unpaired) electrons. The van der Waals surface area contributed by atoms with Crippen molar-refractivity contribution in [3.8, 4) is 0 Å². The van der Waals surface area contributed by atoms with Gasteiger partial charge in [0.1, 0.15) is 5.92 Å². The van der Waals surface area contributed by atoms with Crippen LogP contribution in [-0.2, 0) is 25.9 Å². The molecule has 0 aromatic heterocycles. The maximum absolute atomic E-state index is 13.0. The molecule has 0 saturated carbocycles. The third-order valence-corrected chi connectivity index (χ3v) is 4.62. The number of nitrogens with one attached hydrogen (secondary N) is 1. The minimum absolute atomic E-state index is 0.0636. The molecule has 1 aliphatic heterocycles. The van der Waals surface area contributed by atoms with Crippen LogP contribution in [0.2, 0.25) is 0 Å². The van der Waals surface area contributed by atoms with Crippen molar-refractivity contribution in [3.63, 3.8) is 0 Å². The lowest BCUT2D eigenvalue weighted by atomic mass is 9.73. The first-order chi connectivity index (χ1) is 11.7. The fourth-order valence-corrected chi connectivity index (χ4v) is 2.88. The van der Waals surface area contributed by atoms with Gasteiger partial charge in [0.15, 0.2) is 0 Å². The molecule has 2 N–H and O–H groups in total. The van der Waals surface area contributed by atoms with Crippen molar-refractivity contribution in [2.75, 3.05) is 19.8 Å². The summed E-state index contributed by atoms with van der Waals surface area (Å²) in [7, 11) is 0. The quantitative estimate of drug-likeness (QED) is 0.793. The van der Waals surface area contributed by atoms with E-state index in [1.165, 1.54) is 13.0 Å². The smallest absolute Gasteiger partial charge is 0.416 e. The number of ether oxygens (including phenoxy) is 1. The number of alkyl halides is 3. The average molecular weight is 359 g/mol. The Morgan fingerprint density at radius 3 is 2.52 bits per heavy atom. The van der Waals surface area contributed by atoms with E-state index in [1.807, 2.05) is 0 Å². The average Bonchev–Trinajstić information content (AvgIpc) is 2.59. The maximum atomic E-state index is 13.0. The van der Waals surface area contributed by atoms with Crippen LogP contribution in [0.4, 0.5) is 13.2 Å². The number of carboxylic acid groups (broad SMARTS) is 1. The van der Waals surface area contributed by atoms with E-state index in [2.05, 4.69) is 5.32 Å². The highest BCUT2D eigenvalue weighted by molar-refractivity contribution is 5.96. The van der Waals surface area contributed by atoms with Crippen LogP contribution in [0, 0.1) is 5.92 Å². The van der Waals surface area contributed by atoms with Crippen molar-refractivity contribution in [3.05, 3.63) is 35.4 Å². The van der Waals surface area contributed by atoms with Gasteiger partial charge in [-0.2, -0.15) is 13.2 Å². The first-order valence-electron chi connectivity index (χ1n) is 7.92. The molecule has 0 spiro atoms. The number of benzene rings is 1. The predicted octanol–water partition coefficient (Wildman–Crippen LogP) is 2.59. The van der Waals surface area contributed by atoms with Crippen LogP contribution >= 0.6 is 0 Å². The first-order valence-corrected chi connectivity index (χ1v) is 7.92. The summed E-state index contributed by atoms with van der Waals surface area (Å²) in [6.07, 6.45) is -3.57. The van der Waals surface area contributed by atoms with E-state index in [4.69, 9.17) is 9.84 Å². The molecule has 1 unspecified atom stereocenters. The van der Waals surface area contributed by atoms with Crippen LogP contribution in [-0.4, -0.2) is 36.7 Å². The highest BCUT2D eigenvalue weighted by Crippen LogP contribution is 2.37. The fourth-order valence-electron chi connectivity index (χ4n) is 2.88. The standard InChI is InChI=1S/C17H20F3NO4/c1-11(15(23)24)14(22)21-10-16(5-7-25-8-6-16)12-3-2-4-13(9-12)17(18,19)20/h2-4,9,11H,5-8,10H2,1H3,(H,21,22)(H,23,24). The molecule has 2 rings (SSSR count). The van der Waals surface area contributed by atoms with Crippen LogP contribution < -0.4 is 5.32 Å². The molecule has 1 aliphatic rings. The van der Waals surface area contributed by atoms with Crippen LogP contribution in [0.15, 0.2) is 24.3 Å². The Morgan fingerprint density at radius 2 is 1.96 bits per heavy atom. The van der Waals surface area contributed by atoms with Gasteiger partial charge in [0.25, 0.3) is 0 Å². The second-order valence-corrected chi connectivity index (χ2v) is 6.25. The Kier molecular flexibility index (Phi) is 5.72. The molecule has 1 aromatic rings. The monoisotopic (exact) mass is 359 g/mol. The Balaban J connectivity index is 2.26. The number of carbonyl (C=O) groups excluding carboxylic acids is 1. The van der Waals surface area contributed by atoms with Gasteiger partial charge >= 0.3 is 12.1 Å². The van der Waals surface area contributed by atoms with Gasteiger partial charge in [-0.1, -0.05) is 18.2 Å². The van der Waals surface area contributed by atoms with Gasteiger partial charge < -0.3 is 15.2 Å². The number of hydrogen-bond acceptors (Lipinski definition) is 3. The summed E-state index contributed by atoms with van der Waals surface area (Å²) in [5.74, 6) is -3.14. The second-order valence-electron chi connectivity index (χ2n) is 6.25. The number of rotatable bonds is 5. The van der Waals surface area contributed by atoms with E-state index < -0.39 is 34.9 Å². The summed E-state index contributed by atoms with van der Waals surface area (Å²) in [5.41, 5.74) is -0.997. The van der Waals surface area contributed by atoms with E-state index in [9.17, 15) is 22.8 Å². The summed E-state index contributed by atoms with van der Waals surface area (Å²) in [6, 6.07) is 5.05. The largest absolute Gasteiger partial charge is 0.481 e. The summed E-state index contributed by atoms with van der Waals surface area (Å²) in [5, 5.41) is 11.5. The van der Waals surface area contributed by atoms with Crippen molar-refractivity contribution >= 4 is 11.9 Å². The number of carboxylic acids is 1. The molecule has 1 heterocycles. The lowest BCUT2D eigenvalue weighted by Gasteiger charge is -2.38. The predicted molar refractivity (Wildman–Crippen MR) is 83.0 cm³/mol. The molecule has 1 saturated heterocycles. The van der Waals surface area contributed by atoms with Crippen molar-refractivity contribution < 1.29 is 32.6 Å². The van der Waals surface area contributed by atoms with Crippen LogP contribution in [0.3, 0.4) is 0 Å². The minimum atomic E-state index is -4.45. The van der Waals surface area contributed by atoms with Crippen molar-refractivity contribution in [2.24, 2.45) is 5.92 Å². The van der Waals surface area contributed by atoms with Gasteiger partial charge in [0, 0.05) is 25.2 Å². The van der Waals surface area contributed by atoms with Crippen LogP contribution in [0.25, 0.3) is 0 Å². The van der Waals surface area contributed by atoms with Crippen molar-refractivity contribution in [1.82, 2.24) is 5.32 Å². The third kappa shape index (κ3) is 4.50. The zero-order valence-corrected chi connectivity index (χ0v) is 13.7. The molecule has 1 aromatic carbocycles. The number of aliphatic carboxylic acids is 1. The number of halogens is 3. The highest BCUT2D eigenvalue weighted by Gasteiger charge is 2.38. The Labute approximate surface area is 143 Å². The summed E-state index contributed by atoms with van der Waals surface area (Å²) < 4.78 is 44.3. The van der Waals surface area contributed by atoms with E-state index >= 15 is 0 Å². The highest BCUT2D eigenvalue weighted by atomic mass is 19.4. The van der Waals surface area contributed by atoms with Gasteiger partial charge in [0.05, 0.1) is 5.56 Å². The molecule has 8 heteroatoms. The van der Waals surface area contributed by atoms with Crippen LogP contribution in [0.1, 0.15) is 30.9 Å². The number of amides is 1. The molecule has 1 atom stereocenters. The summed E-state index contributed by atoms with van der Waals surface area (Å²) in [6.45, 7) is 2.05. The maximum Gasteiger partial charge on any atom is 0.416 e. The Hall–Kier alpha value is -2.09. The minimum Gasteiger partial charge on any atom is -0.481 e. The van der Waals surface area contributed by atoms with E-state index in [-0.39, 0.29) is 6.54 Å². The zero-order valence-electron chi connectivity index (χ0n) is 13.7. The number of hydrogen-bond donors (Lipinski definition) is 2. The first kappa shape index (κ1) is 19.2. The molecule has 5 nitrogen and oxygen atoms in total. The normalized spacial score (nSPS) is 18.4. The zero-order chi connectivity index (χ0) is 18.7. The van der Waals surface area contributed by atoms with E-state index in [0.29, 0.717) is 31.6 Å². The second kappa shape index (κ2) is 7.43. The molecular formula is C17H20F3NO4. The molecule has 0 aliphatic carbocycles. The number of carbonyl (C=O) groups is 2. The summed E-state index contributed by atoms with van der Waals surface area (Å²) in [4.78, 5) is 22.8. The molecule has 138 valence electrons. The van der Waals surface area contributed by atoms with E-state index in [1.54, 1.807) is 6.07 Å². The lowest BCUT2D eigenvalue weighted by molar-refractivity contribution is -0.146. The lowest BCUT2D eigenvalue weighted by Crippen LogP contribution is -2.46. The van der Waals surface area contributed by atoms with Gasteiger partial charge in [0.2, 0.25) is 5.91 Å². The van der Waals surface area contributed by atoms with E-state index in [0.717, 1.165) is 12.1 Å². The molecule has 1 fully saturated rings. The van der Waals surface area contributed by atoms with Gasteiger partial charge in [-0.05, 0) is 31.4 Å². The topological polar surface area (TPSA) is 75.6 Å². The molecule has 1 amide bonds. The van der Waals surface area contributed by atoms with Crippen LogP contribution in [0.5, 0.6) is 0 Å². The van der Waals surface area contributed by atoms with Crippen molar-refractivity contribution in [2.45, 2.75) is 31.4 Å². The summed E-state index contributed by atoms with van der Waals surface area (Å²) >= 11 is 0. The van der Waals surface area contributed by atoms with Gasteiger partial charge in [-0.25, -0.2) is 0 Å². The SMILES string of the molecule is CC(C(=O)O)C(=O)NCC1(c2cccc(C(F)(F)F)c2)CCOCC1. The Morgan fingerprint density at radius 1 is 1.32 bits per heavy atom. The van der Waals surface area contributed by atoms with Gasteiger partial charge in [-0.3, -0.25) is 9.59 Å². The molecule has 0 bridgehead atoms. The molecule has 25 heavy (non-hydrogen) atoms. The molecular weight excluding hydrogens is 339 g/mol. The van der Waals surface area contributed by atoms with Gasteiger partial charge in [-0.15, -0.1) is 0 Å². The third-order valence-electron chi connectivity index (χ3n) is 4.62.